The molecule has 346 valence electrons. The molecule has 4 fully saturated rings. The van der Waals surface area contributed by atoms with Gasteiger partial charge in [-0.15, -0.1) is 0 Å². The van der Waals surface area contributed by atoms with E-state index < -0.39 is 23.6 Å². The number of amides is 3. The van der Waals surface area contributed by atoms with Crippen molar-refractivity contribution in [2.24, 2.45) is 11.8 Å². The van der Waals surface area contributed by atoms with Gasteiger partial charge in [0.25, 0.3) is 0 Å². The van der Waals surface area contributed by atoms with Crippen LogP contribution in [0.2, 0.25) is 10.0 Å². The first-order valence-corrected chi connectivity index (χ1v) is 23.1. The lowest BCUT2D eigenvalue weighted by atomic mass is 9.89. The molecule has 64 heavy (non-hydrogen) atoms. The van der Waals surface area contributed by atoms with E-state index in [0.29, 0.717) is 79.7 Å². The van der Waals surface area contributed by atoms with Gasteiger partial charge in [0.15, 0.2) is 17.5 Å². The summed E-state index contributed by atoms with van der Waals surface area (Å²) < 4.78 is 39.7. The number of rotatable bonds is 11. The number of carbonyl (C=O) groups is 2. The number of aromatic amines is 2. The molecule has 5 N–H and O–H groups in total. The highest BCUT2D eigenvalue weighted by atomic mass is 35.5. The minimum absolute atomic E-state index is 0.0846. The van der Waals surface area contributed by atoms with Crippen molar-refractivity contribution in [3.63, 3.8) is 0 Å². The maximum atomic E-state index is 13.3. The molecule has 0 spiro atoms. The van der Waals surface area contributed by atoms with Gasteiger partial charge in [-0.3, -0.25) is 15.0 Å². The summed E-state index contributed by atoms with van der Waals surface area (Å²) in [5.74, 6) is -3.00. The lowest BCUT2D eigenvalue weighted by Gasteiger charge is -2.37. The summed E-state index contributed by atoms with van der Waals surface area (Å²) in [6.45, 7) is 7.50. The number of H-pyrrole nitrogens is 2. The minimum Gasteiger partial charge on any atom is -0.392 e. The number of nitrogens with zero attached hydrogens (tertiary/aromatic N) is 6. The zero-order valence-corrected chi connectivity index (χ0v) is 37.3. The topological polar surface area (TPSA) is 157 Å². The molecular formula is C46H58Cl2F3N9O4. The summed E-state index contributed by atoms with van der Waals surface area (Å²) in [4.78, 5) is 33.1. The number of hydrogen-bond acceptors (Lipinski definition) is 8. The van der Waals surface area contributed by atoms with Crippen LogP contribution in [0.5, 0.6) is 0 Å². The second-order valence-electron chi connectivity index (χ2n) is 17.5. The molecule has 0 aliphatic carbocycles. The number of halogens is 5. The zero-order chi connectivity index (χ0) is 45.2. The molecule has 0 saturated carbocycles. The van der Waals surface area contributed by atoms with Gasteiger partial charge in [-0.25, -0.2) is 18.0 Å². The molecular weight excluding hydrogens is 870 g/mol. The van der Waals surface area contributed by atoms with Crippen molar-refractivity contribution >= 4 is 46.9 Å². The Balaban J connectivity index is 0.000000192. The van der Waals surface area contributed by atoms with Gasteiger partial charge in [0.2, 0.25) is 5.91 Å². The number of piperidine rings is 4. The van der Waals surface area contributed by atoms with Crippen molar-refractivity contribution in [1.29, 1.82) is 0 Å². The van der Waals surface area contributed by atoms with Crippen LogP contribution in [0.15, 0.2) is 60.9 Å². The maximum Gasteiger partial charge on any atom is 0.321 e. The fraction of sp³-hybridized carbons (Fsp3) is 0.522. The fourth-order valence-electron chi connectivity index (χ4n) is 9.38. The molecule has 18 heteroatoms. The third kappa shape index (κ3) is 12.9. The molecule has 4 saturated heterocycles. The second kappa shape index (κ2) is 22.6. The van der Waals surface area contributed by atoms with Crippen LogP contribution in [0.25, 0.3) is 6.08 Å². The number of anilines is 1. The monoisotopic (exact) mass is 927 g/mol. The van der Waals surface area contributed by atoms with Crippen molar-refractivity contribution in [3.05, 3.63) is 105 Å². The van der Waals surface area contributed by atoms with E-state index in [1.165, 1.54) is 23.5 Å². The van der Waals surface area contributed by atoms with Gasteiger partial charge >= 0.3 is 6.03 Å². The molecule has 2 aromatic carbocycles. The molecule has 2 aromatic heterocycles. The van der Waals surface area contributed by atoms with Gasteiger partial charge in [-0.05, 0) is 143 Å². The Morgan fingerprint density at radius 3 is 1.62 bits per heavy atom. The summed E-state index contributed by atoms with van der Waals surface area (Å²) in [6.07, 6.45) is 12.6. The van der Waals surface area contributed by atoms with E-state index in [9.17, 15) is 33.0 Å². The van der Waals surface area contributed by atoms with Crippen LogP contribution in [0.3, 0.4) is 0 Å². The van der Waals surface area contributed by atoms with E-state index in [2.05, 4.69) is 41.6 Å². The summed E-state index contributed by atoms with van der Waals surface area (Å²) in [5.41, 5.74) is 3.10. The lowest BCUT2D eigenvalue weighted by molar-refractivity contribution is -0.128. The number of aliphatic hydroxyl groups excluding tert-OH is 2. The summed E-state index contributed by atoms with van der Waals surface area (Å²) in [7, 11) is 0. The number of benzene rings is 2. The quantitative estimate of drug-likeness (QED) is 0.0765. The first kappa shape index (κ1) is 47.5. The van der Waals surface area contributed by atoms with E-state index in [-0.39, 0.29) is 35.4 Å². The predicted molar refractivity (Wildman–Crippen MR) is 240 cm³/mol. The van der Waals surface area contributed by atoms with E-state index in [4.69, 9.17) is 23.2 Å². The first-order chi connectivity index (χ1) is 30.9. The Kier molecular flexibility index (Phi) is 16.8. The minimum atomic E-state index is -1.53. The highest BCUT2D eigenvalue weighted by Crippen LogP contribution is 2.31. The summed E-state index contributed by atoms with van der Waals surface area (Å²) in [6, 6.07) is 10.7. The van der Waals surface area contributed by atoms with Crippen LogP contribution in [0.1, 0.15) is 80.2 Å². The Bertz CT molecular complexity index is 2110. The number of urea groups is 1. The summed E-state index contributed by atoms with van der Waals surface area (Å²) >= 11 is 11.9. The third-order valence-electron chi connectivity index (χ3n) is 13.4. The van der Waals surface area contributed by atoms with Crippen LogP contribution in [0.4, 0.5) is 23.7 Å². The molecule has 6 heterocycles. The van der Waals surface area contributed by atoms with Gasteiger partial charge < -0.3 is 35.1 Å². The fourth-order valence-corrected chi connectivity index (χ4v) is 9.68. The smallest absolute Gasteiger partial charge is 0.321 e. The number of aliphatic hydroxyl groups is 2. The maximum absolute atomic E-state index is 13.3. The third-order valence-corrected chi connectivity index (χ3v) is 14.1. The molecule has 4 aliphatic heterocycles. The zero-order valence-electron chi connectivity index (χ0n) is 35.8. The van der Waals surface area contributed by atoms with Crippen LogP contribution >= 0.6 is 23.2 Å². The van der Waals surface area contributed by atoms with Gasteiger partial charge in [-0.2, -0.15) is 10.2 Å². The van der Waals surface area contributed by atoms with Crippen molar-refractivity contribution in [2.45, 2.75) is 75.4 Å². The van der Waals surface area contributed by atoms with Crippen LogP contribution < -0.4 is 5.32 Å². The van der Waals surface area contributed by atoms with Crippen LogP contribution in [-0.4, -0.2) is 140 Å². The molecule has 4 aliphatic rings. The van der Waals surface area contributed by atoms with Crippen molar-refractivity contribution in [1.82, 2.24) is 40.0 Å². The molecule has 0 bridgehead atoms. The van der Waals surface area contributed by atoms with Crippen molar-refractivity contribution < 1.29 is 33.0 Å². The molecule has 2 unspecified atom stereocenters. The first-order valence-electron chi connectivity index (χ1n) is 22.3. The number of likely N-dealkylation sites (tertiary alicyclic amines) is 4. The number of aromatic nitrogens is 4. The Morgan fingerprint density at radius 2 is 1.17 bits per heavy atom. The number of nitrogens with one attached hydrogen (secondary N) is 3. The molecule has 2 atom stereocenters. The Hall–Kier alpha value is -4.45. The van der Waals surface area contributed by atoms with Gasteiger partial charge in [-0.1, -0.05) is 23.2 Å². The average Bonchev–Trinajstić information content (AvgIpc) is 4.06. The van der Waals surface area contributed by atoms with E-state index in [1.807, 2.05) is 12.3 Å². The molecule has 13 nitrogen and oxygen atoms in total. The standard InChI is InChI=1S/C24H29F3N4O2.C22H29Cl2N5O2/c25-19-13-16(14-20(26)24(19)27)1-2-23(33)31-11-6-18(7-12-31)22(32)15-30-9-4-17(5-10-30)21-3-8-28-29-21;23-18-2-1-17(13-19(18)24)26-22(31)29-11-6-16(7-12-29)21(30)14-28-9-4-15(5-10-28)20-3-8-25-27-20/h1-3,8,13-14,17-18,22,32H,4-7,9-12,15H2,(H,28,29);1-3,8,13,15-16,21,30H,4-7,9-12,14H2,(H,25,27)(H,26,31)/b2-1+;. The van der Waals surface area contributed by atoms with Crippen molar-refractivity contribution in [2.75, 3.05) is 70.8 Å². The molecule has 8 rings (SSSR count). The number of β-amino-alcohol motifs (C(OH)–C–C–N with tert-alkyl or cyclic N) is 2. The van der Waals surface area contributed by atoms with Crippen molar-refractivity contribution in [3.8, 4) is 0 Å². The summed E-state index contributed by atoms with van der Waals surface area (Å²) in [5, 5.41) is 39.5. The lowest BCUT2D eigenvalue weighted by Crippen LogP contribution is -2.46. The molecule has 3 amide bonds. The highest BCUT2D eigenvalue weighted by Gasteiger charge is 2.32. The largest absolute Gasteiger partial charge is 0.392 e. The van der Waals surface area contributed by atoms with E-state index >= 15 is 0 Å². The Labute approximate surface area is 382 Å². The number of hydrogen-bond donors (Lipinski definition) is 5. The van der Waals surface area contributed by atoms with Gasteiger partial charge in [0.05, 0.1) is 22.3 Å². The van der Waals surface area contributed by atoms with Crippen LogP contribution in [-0.2, 0) is 4.79 Å². The number of carbonyl (C=O) groups excluding carboxylic acids is 2. The average molecular weight is 929 g/mol. The SMILES string of the molecule is O=C(/C=C/c1cc(F)c(F)c(F)c1)N1CCC(C(O)CN2CCC(c3ccn[nH]3)CC2)CC1.O=C(Nc1ccc(Cl)c(Cl)c1)N1CCC(C(O)CN2CCC(c3ccn[nH]3)CC2)CC1. The molecule has 4 aromatic rings. The van der Waals surface area contributed by atoms with Crippen LogP contribution in [0, 0.1) is 29.3 Å². The predicted octanol–water partition coefficient (Wildman–Crippen LogP) is 7.52. The van der Waals surface area contributed by atoms with Gasteiger partial charge in [0, 0.05) is 86.6 Å². The second-order valence-corrected chi connectivity index (χ2v) is 18.3. The van der Waals surface area contributed by atoms with Gasteiger partial charge in [0.1, 0.15) is 0 Å². The normalized spacial score (nSPS) is 20.0. The van der Waals surface area contributed by atoms with E-state index in [1.54, 1.807) is 34.2 Å². The highest BCUT2D eigenvalue weighted by molar-refractivity contribution is 6.42. The van der Waals surface area contributed by atoms with E-state index in [0.717, 1.165) is 76.8 Å². The molecule has 0 radical (unpaired) electrons. The Morgan fingerprint density at radius 1 is 0.688 bits per heavy atom.